The normalized spacial score (nSPS) is 11.3. The summed E-state index contributed by atoms with van der Waals surface area (Å²) in [5, 5.41) is 10.3. The van der Waals surface area contributed by atoms with Crippen molar-refractivity contribution < 1.29 is 26.4 Å². The number of alkyl halides is 1. The summed E-state index contributed by atoms with van der Waals surface area (Å²) in [6.07, 6.45) is 4.90. The first kappa shape index (κ1) is 34.5. The number of fused-ring (bicyclic) bond motifs is 1. The Morgan fingerprint density at radius 2 is 1.19 bits per heavy atom. The van der Waals surface area contributed by atoms with Crippen molar-refractivity contribution in [3.05, 3.63) is 108 Å². The van der Waals surface area contributed by atoms with Crippen LogP contribution in [-0.2, 0) is 36.2 Å². The van der Waals surface area contributed by atoms with Crippen molar-refractivity contribution in [1.82, 2.24) is 14.5 Å². The Balaban J connectivity index is 0.000000199. The van der Waals surface area contributed by atoms with E-state index in [4.69, 9.17) is 11.6 Å². The zero-order valence-electron chi connectivity index (χ0n) is 24.6. The van der Waals surface area contributed by atoms with Crippen molar-refractivity contribution in [3.63, 3.8) is 0 Å². The van der Waals surface area contributed by atoms with Gasteiger partial charge >= 0.3 is 0 Å². The van der Waals surface area contributed by atoms with Crippen molar-refractivity contribution >= 4 is 98.7 Å². The van der Waals surface area contributed by atoms with Gasteiger partial charge in [-0.05, 0) is 66.0 Å². The molecule has 0 radical (unpaired) electrons. The number of thiazole rings is 2. The van der Waals surface area contributed by atoms with Gasteiger partial charge in [0.2, 0.25) is 11.8 Å². The zero-order valence-corrected chi connectivity index (χ0v) is 28.6. The molecule has 0 saturated carbocycles. The average Bonchev–Trinajstić information content (AvgIpc) is 3.85. The van der Waals surface area contributed by atoms with E-state index in [1.807, 2.05) is 41.1 Å². The van der Waals surface area contributed by atoms with Crippen molar-refractivity contribution in [1.29, 1.82) is 0 Å². The number of halogens is 1. The van der Waals surface area contributed by atoms with E-state index in [0.29, 0.717) is 21.6 Å². The lowest BCUT2D eigenvalue weighted by atomic mass is 10.2. The summed E-state index contributed by atoms with van der Waals surface area (Å²) in [6, 6.07) is 21.5. The van der Waals surface area contributed by atoms with E-state index < -0.39 is 20.0 Å². The van der Waals surface area contributed by atoms with Gasteiger partial charge in [0.05, 0.1) is 9.79 Å². The Morgan fingerprint density at radius 3 is 1.67 bits per heavy atom. The summed E-state index contributed by atoms with van der Waals surface area (Å²) in [6.45, 7) is 0.166. The largest absolute Gasteiger partial charge is 0.338 e. The number of sulfonamides is 2. The number of anilines is 4. The number of benzene rings is 3. The number of carbonyl (C=O) groups is 2. The highest BCUT2D eigenvalue weighted by Crippen LogP contribution is 2.21. The zero-order chi connectivity index (χ0) is 34.1. The van der Waals surface area contributed by atoms with Gasteiger partial charge < -0.3 is 15.2 Å². The SMILES string of the molecule is O=C(CCl)Nc1ccc(S(=O)(=O)Nc2nccs2)cc1.O=C(Cn1ccc2ccccc21)Nc1ccc(S(=O)(=O)Nc2nccs2)cc1. The maximum absolute atomic E-state index is 12.3. The molecular formula is C30H26ClN7O6S4. The molecule has 18 heteroatoms. The fraction of sp³-hybridized carbons (Fsp3) is 0.0667. The second kappa shape index (κ2) is 15.4. The van der Waals surface area contributed by atoms with Crippen molar-refractivity contribution in [2.45, 2.75) is 16.3 Å². The fourth-order valence-electron chi connectivity index (χ4n) is 4.16. The summed E-state index contributed by atoms with van der Waals surface area (Å²) in [7, 11) is -7.39. The second-order valence-electron chi connectivity index (χ2n) is 9.67. The van der Waals surface area contributed by atoms with Crippen LogP contribution < -0.4 is 20.1 Å². The quantitative estimate of drug-likeness (QED) is 0.123. The lowest BCUT2D eigenvalue weighted by molar-refractivity contribution is -0.116. The fourth-order valence-corrected chi connectivity index (χ4v) is 7.80. The van der Waals surface area contributed by atoms with Crippen LogP contribution in [-0.4, -0.2) is 49.1 Å². The van der Waals surface area contributed by atoms with E-state index in [0.717, 1.165) is 10.9 Å². The van der Waals surface area contributed by atoms with Gasteiger partial charge in [-0.2, -0.15) is 0 Å². The molecule has 0 saturated heterocycles. The van der Waals surface area contributed by atoms with E-state index in [9.17, 15) is 26.4 Å². The number of hydrogen-bond acceptors (Lipinski definition) is 10. The number of aromatic nitrogens is 3. The monoisotopic (exact) mass is 743 g/mol. The molecule has 3 aromatic carbocycles. The molecule has 0 fully saturated rings. The Kier molecular flexibility index (Phi) is 11.1. The van der Waals surface area contributed by atoms with Crippen LogP contribution in [0.2, 0.25) is 0 Å². The predicted molar refractivity (Wildman–Crippen MR) is 189 cm³/mol. The Morgan fingerprint density at radius 1 is 0.688 bits per heavy atom. The van der Waals surface area contributed by atoms with Crippen LogP contribution in [0.15, 0.2) is 118 Å². The second-order valence-corrected chi connectivity index (χ2v) is 15.1. The predicted octanol–water partition coefficient (Wildman–Crippen LogP) is 5.66. The van der Waals surface area contributed by atoms with Gasteiger partial charge in [-0.25, -0.2) is 26.8 Å². The molecule has 2 amide bonds. The van der Waals surface area contributed by atoms with E-state index in [2.05, 4.69) is 30.0 Å². The lowest BCUT2D eigenvalue weighted by Crippen LogP contribution is -2.18. The van der Waals surface area contributed by atoms with Gasteiger partial charge in [-0.1, -0.05) is 18.2 Å². The van der Waals surface area contributed by atoms with E-state index in [-0.39, 0.29) is 34.0 Å². The third-order valence-corrected chi connectivity index (χ3v) is 10.9. The molecule has 0 aliphatic carbocycles. The smallest absolute Gasteiger partial charge is 0.263 e. The summed E-state index contributed by atoms with van der Waals surface area (Å²) in [4.78, 5) is 31.4. The molecule has 13 nitrogen and oxygen atoms in total. The Bertz CT molecular complexity index is 2210. The number of nitrogens with zero attached hydrogens (tertiary/aromatic N) is 3. The third kappa shape index (κ3) is 9.17. The molecule has 48 heavy (non-hydrogen) atoms. The minimum absolute atomic E-state index is 0.0802. The van der Waals surface area contributed by atoms with Gasteiger partial charge in [0.1, 0.15) is 12.4 Å². The molecule has 6 aromatic rings. The molecule has 0 atom stereocenters. The maximum atomic E-state index is 12.3. The number of hydrogen-bond donors (Lipinski definition) is 4. The Labute approximate surface area is 288 Å². The third-order valence-electron chi connectivity index (χ3n) is 6.32. The summed E-state index contributed by atoms with van der Waals surface area (Å²) in [5.74, 6) is -0.716. The molecule has 4 N–H and O–H groups in total. The molecular weight excluding hydrogens is 718 g/mol. The molecule has 0 bridgehead atoms. The number of nitrogens with one attached hydrogen (secondary N) is 4. The van der Waals surface area contributed by atoms with Crippen LogP contribution in [0.25, 0.3) is 10.9 Å². The van der Waals surface area contributed by atoms with Gasteiger partial charge in [-0.3, -0.25) is 19.0 Å². The minimum atomic E-state index is -3.71. The van der Waals surface area contributed by atoms with E-state index in [1.54, 1.807) is 22.9 Å². The van der Waals surface area contributed by atoms with Crippen molar-refractivity contribution in [2.24, 2.45) is 0 Å². The first-order valence-corrected chi connectivity index (χ1v) is 19.0. The summed E-state index contributed by atoms with van der Waals surface area (Å²) < 4.78 is 55.4. The maximum Gasteiger partial charge on any atom is 0.263 e. The molecule has 0 spiro atoms. The number of para-hydroxylation sites is 1. The average molecular weight is 744 g/mol. The standard InChI is InChI=1S/C19H16N4O3S2.C11H10ClN3O3S2/c24-18(13-23-11-9-14-3-1-2-4-17(14)23)21-15-5-7-16(8-6-15)28(25,26)22-19-20-10-12-27-19;12-7-10(16)14-8-1-3-9(4-2-8)20(17,18)15-11-13-5-6-19-11/h1-12H,13H2,(H,20,22)(H,21,24);1-6H,7H2,(H,13,15)(H,14,16). The van der Waals surface area contributed by atoms with Gasteiger partial charge in [0, 0.05) is 46.2 Å². The molecule has 3 aromatic heterocycles. The minimum Gasteiger partial charge on any atom is -0.338 e. The van der Waals surface area contributed by atoms with Crippen LogP contribution in [0.3, 0.4) is 0 Å². The van der Waals surface area contributed by atoms with Crippen LogP contribution >= 0.6 is 34.3 Å². The highest BCUT2D eigenvalue weighted by atomic mass is 35.5. The van der Waals surface area contributed by atoms with Crippen LogP contribution in [0.5, 0.6) is 0 Å². The van der Waals surface area contributed by atoms with Crippen molar-refractivity contribution in [3.8, 4) is 0 Å². The summed E-state index contributed by atoms with van der Waals surface area (Å²) >= 11 is 7.75. The molecule has 0 aliphatic heterocycles. The molecule has 0 unspecified atom stereocenters. The van der Waals surface area contributed by atoms with E-state index in [1.165, 1.54) is 71.5 Å². The van der Waals surface area contributed by atoms with E-state index >= 15 is 0 Å². The first-order chi connectivity index (χ1) is 23.0. The number of rotatable bonds is 11. The first-order valence-electron chi connectivity index (χ1n) is 13.8. The van der Waals surface area contributed by atoms with Crippen LogP contribution in [0.4, 0.5) is 21.6 Å². The van der Waals surface area contributed by atoms with Crippen LogP contribution in [0.1, 0.15) is 0 Å². The van der Waals surface area contributed by atoms with Crippen LogP contribution in [0, 0.1) is 0 Å². The highest BCUT2D eigenvalue weighted by Gasteiger charge is 2.17. The molecule has 248 valence electrons. The Hall–Kier alpha value is -4.81. The topological polar surface area (TPSA) is 181 Å². The van der Waals surface area contributed by atoms with Crippen molar-refractivity contribution in [2.75, 3.05) is 26.0 Å². The van der Waals surface area contributed by atoms with Gasteiger partial charge in [0.15, 0.2) is 10.3 Å². The molecule has 6 rings (SSSR count). The number of carbonyl (C=O) groups excluding carboxylic acids is 2. The molecule has 3 heterocycles. The summed E-state index contributed by atoms with van der Waals surface area (Å²) in [5.41, 5.74) is 1.98. The lowest BCUT2D eigenvalue weighted by Gasteiger charge is -2.09. The van der Waals surface area contributed by atoms with Gasteiger partial charge in [-0.15, -0.1) is 34.3 Å². The highest BCUT2D eigenvalue weighted by molar-refractivity contribution is 7.93. The molecule has 0 aliphatic rings. The number of amides is 2. The van der Waals surface area contributed by atoms with Gasteiger partial charge in [0.25, 0.3) is 20.0 Å².